The summed E-state index contributed by atoms with van der Waals surface area (Å²) in [6, 6.07) is 1.21. The van der Waals surface area contributed by atoms with Gasteiger partial charge in [0.05, 0.1) is 0 Å². The Labute approximate surface area is 178 Å². The normalized spacial score (nSPS) is 48.9. The second-order valence-electron chi connectivity index (χ2n) is 11.6. The zero-order valence-electron chi connectivity index (χ0n) is 19.4. The van der Waals surface area contributed by atoms with Gasteiger partial charge in [-0.2, -0.15) is 0 Å². The molecule has 4 fully saturated rings. The maximum absolute atomic E-state index is 12.3. The highest BCUT2D eigenvalue weighted by molar-refractivity contribution is 5.75. The SMILES string of the molecule is CCC(=O)N(C)C1CCC2(C)C(=CCC3C2CCC24CN(C)C(C)C2CCC34)C1. The summed E-state index contributed by atoms with van der Waals surface area (Å²) in [7, 11) is 4.41. The summed E-state index contributed by atoms with van der Waals surface area (Å²) >= 11 is 0. The van der Waals surface area contributed by atoms with E-state index < -0.39 is 0 Å². The van der Waals surface area contributed by atoms with Crippen LogP contribution in [0, 0.1) is 34.5 Å². The monoisotopic (exact) mass is 398 g/mol. The van der Waals surface area contributed by atoms with Crippen LogP contribution in [0.1, 0.15) is 78.6 Å². The van der Waals surface area contributed by atoms with E-state index in [1.807, 2.05) is 14.0 Å². The molecular weight excluding hydrogens is 356 g/mol. The fourth-order valence-corrected chi connectivity index (χ4v) is 9.23. The number of amides is 1. The first-order chi connectivity index (χ1) is 13.8. The van der Waals surface area contributed by atoms with Crippen molar-refractivity contribution in [1.82, 2.24) is 9.80 Å². The van der Waals surface area contributed by atoms with Gasteiger partial charge in [-0.25, -0.2) is 0 Å². The highest BCUT2D eigenvalue weighted by Gasteiger charge is 2.64. The third-order valence-corrected chi connectivity index (χ3v) is 10.9. The van der Waals surface area contributed by atoms with Crippen LogP contribution in [0.2, 0.25) is 0 Å². The molecule has 0 aromatic carbocycles. The van der Waals surface area contributed by atoms with E-state index in [4.69, 9.17) is 0 Å². The van der Waals surface area contributed by atoms with E-state index in [0.29, 0.717) is 29.2 Å². The van der Waals surface area contributed by atoms with E-state index in [1.54, 1.807) is 5.57 Å². The number of hydrogen-bond donors (Lipinski definition) is 0. The lowest BCUT2D eigenvalue weighted by Crippen LogP contribution is -2.53. The summed E-state index contributed by atoms with van der Waals surface area (Å²) in [5.41, 5.74) is 2.72. The highest BCUT2D eigenvalue weighted by atomic mass is 16.2. The van der Waals surface area contributed by atoms with Crippen molar-refractivity contribution in [2.45, 2.75) is 90.6 Å². The number of rotatable bonds is 2. The molecule has 5 rings (SSSR count). The molecule has 0 bridgehead atoms. The molecule has 0 N–H and O–H groups in total. The molecule has 3 saturated carbocycles. The minimum atomic E-state index is 0.309. The van der Waals surface area contributed by atoms with Gasteiger partial charge in [0.15, 0.2) is 0 Å². The predicted molar refractivity (Wildman–Crippen MR) is 118 cm³/mol. The summed E-state index contributed by atoms with van der Waals surface area (Å²) in [6.07, 6.45) is 14.1. The topological polar surface area (TPSA) is 23.6 Å². The molecule has 0 aromatic heterocycles. The van der Waals surface area contributed by atoms with Crippen LogP contribution < -0.4 is 0 Å². The first-order valence-corrected chi connectivity index (χ1v) is 12.5. The Morgan fingerprint density at radius 2 is 1.93 bits per heavy atom. The summed E-state index contributed by atoms with van der Waals surface area (Å²) in [5.74, 6) is 4.00. The standard InChI is InChI=1S/C26H42N2O/c1-6-24(29)28(5)19-11-13-25(3)18(15-19)7-8-20-22(25)12-14-26-16-27(4)17(2)21(26)9-10-23(20)26/h7,17,19-23H,6,8-16H2,1-5H3. The van der Waals surface area contributed by atoms with E-state index in [2.05, 4.69) is 36.8 Å². The fourth-order valence-electron chi connectivity index (χ4n) is 9.23. The zero-order valence-corrected chi connectivity index (χ0v) is 19.4. The Morgan fingerprint density at radius 1 is 1.17 bits per heavy atom. The van der Waals surface area contributed by atoms with Crippen molar-refractivity contribution in [3.8, 4) is 0 Å². The lowest BCUT2D eigenvalue weighted by atomic mass is 9.47. The summed E-state index contributed by atoms with van der Waals surface area (Å²) < 4.78 is 0. The Balaban J connectivity index is 1.40. The quantitative estimate of drug-likeness (QED) is 0.603. The average molecular weight is 399 g/mol. The molecule has 0 aromatic rings. The van der Waals surface area contributed by atoms with Gasteiger partial charge in [0.1, 0.15) is 0 Å². The molecule has 5 aliphatic rings. The van der Waals surface area contributed by atoms with E-state index in [9.17, 15) is 4.79 Å². The molecule has 1 heterocycles. The van der Waals surface area contributed by atoms with Gasteiger partial charge in [-0.05, 0) is 99.8 Å². The van der Waals surface area contributed by atoms with Gasteiger partial charge in [-0.15, -0.1) is 0 Å². The minimum absolute atomic E-state index is 0.309. The first-order valence-electron chi connectivity index (χ1n) is 12.5. The van der Waals surface area contributed by atoms with Gasteiger partial charge in [0.25, 0.3) is 0 Å². The van der Waals surface area contributed by atoms with Crippen LogP contribution in [0.3, 0.4) is 0 Å². The Hall–Kier alpha value is -0.830. The largest absolute Gasteiger partial charge is 0.342 e. The van der Waals surface area contributed by atoms with Gasteiger partial charge in [0.2, 0.25) is 5.91 Å². The zero-order chi connectivity index (χ0) is 20.6. The molecule has 0 radical (unpaired) electrons. The molecule has 1 aliphatic heterocycles. The van der Waals surface area contributed by atoms with Crippen LogP contribution in [-0.2, 0) is 4.79 Å². The lowest BCUT2D eigenvalue weighted by molar-refractivity contribution is -0.132. The molecule has 1 saturated heterocycles. The van der Waals surface area contributed by atoms with E-state index in [1.165, 1.54) is 51.5 Å². The molecule has 3 nitrogen and oxygen atoms in total. The van der Waals surface area contributed by atoms with E-state index in [-0.39, 0.29) is 0 Å². The second kappa shape index (κ2) is 6.84. The summed E-state index contributed by atoms with van der Waals surface area (Å²) in [6.45, 7) is 8.43. The Kier molecular flexibility index (Phi) is 4.74. The van der Waals surface area contributed by atoms with Crippen molar-refractivity contribution < 1.29 is 4.79 Å². The molecule has 8 atom stereocenters. The van der Waals surface area contributed by atoms with Gasteiger partial charge in [-0.3, -0.25) is 4.79 Å². The molecule has 1 spiro atoms. The van der Waals surface area contributed by atoms with Crippen LogP contribution in [0.5, 0.6) is 0 Å². The fraction of sp³-hybridized carbons (Fsp3) is 0.885. The summed E-state index contributed by atoms with van der Waals surface area (Å²) in [4.78, 5) is 17.0. The van der Waals surface area contributed by atoms with Crippen molar-refractivity contribution >= 4 is 5.91 Å². The number of nitrogens with zero attached hydrogens (tertiary/aromatic N) is 2. The number of likely N-dealkylation sites (tertiary alicyclic amines) is 1. The average Bonchev–Trinajstić information content (AvgIpc) is 3.20. The van der Waals surface area contributed by atoms with Crippen molar-refractivity contribution in [2.24, 2.45) is 34.5 Å². The van der Waals surface area contributed by atoms with E-state index in [0.717, 1.165) is 36.1 Å². The second-order valence-corrected chi connectivity index (χ2v) is 11.6. The van der Waals surface area contributed by atoms with Crippen molar-refractivity contribution in [2.75, 3.05) is 20.6 Å². The highest BCUT2D eigenvalue weighted by Crippen LogP contribution is 2.68. The maximum atomic E-state index is 12.3. The van der Waals surface area contributed by atoms with Gasteiger partial charge in [-0.1, -0.05) is 25.5 Å². The van der Waals surface area contributed by atoms with Gasteiger partial charge >= 0.3 is 0 Å². The third-order valence-electron chi connectivity index (χ3n) is 10.9. The van der Waals surface area contributed by atoms with Gasteiger partial charge in [0, 0.05) is 32.1 Å². The number of fused-ring (bicyclic) bond motifs is 4. The van der Waals surface area contributed by atoms with Crippen LogP contribution in [0.15, 0.2) is 11.6 Å². The minimum Gasteiger partial charge on any atom is -0.342 e. The molecular formula is C26H42N2O. The van der Waals surface area contributed by atoms with Crippen LogP contribution in [0.25, 0.3) is 0 Å². The number of hydrogen-bond acceptors (Lipinski definition) is 2. The van der Waals surface area contributed by atoms with Crippen LogP contribution in [-0.4, -0.2) is 48.4 Å². The van der Waals surface area contributed by atoms with Crippen LogP contribution >= 0.6 is 0 Å². The lowest BCUT2D eigenvalue weighted by Gasteiger charge is -2.58. The first kappa shape index (κ1) is 20.1. The number of allylic oxidation sites excluding steroid dienone is 1. The summed E-state index contributed by atoms with van der Waals surface area (Å²) in [5, 5.41) is 0. The molecule has 29 heavy (non-hydrogen) atoms. The number of carbonyl (C=O) groups is 1. The predicted octanol–water partition coefficient (Wildman–Crippen LogP) is 5.12. The Bertz CT molecular complexity index is 715. The van der Waals surface area contributed by atoms with E-state index >= 15 is 0 Å². The molecule has 8 unspecified atom stereocenters. The molecule has 1 amide bonds. The molecule has 4 aliphatic carbocycles. The van der Waals surface area contributed by atoms with Crippen molar-refractivity contribution in [3.05, 3.63) is 11.6 Å². The smallest absolute Gasteiger partial charge is 0.222 e. The van der Waals surface area contributed by atoms with Gasteiger partial charge < -0.3 is 9.80 Å². The van der Waals surface area contributed by atoms with Crippen molar-refractivity contribution in [3.63, 3.8) is 0 Å². The number of carbonyl (C=O) groups excluding carboxylic acids is 1. The van der Waals surface area contributed by atoms with Crippen LogP contribution in [0.4, 0.5) is 0 Å². The molecule has 3 heteroatoms. The maximum Gasteiger partial charge on any atom is 0.222 e. The molecule has 162 valence electrons. The van der Waals surface area contributed by atoms with Crippen molar-refractivity contribution in [1.29, 1.82) is 0 Å². The third kappa shape index (κ3) is 2.68. The Morgan fingerprint density at radius 3 is 2.69 bits per heavy atom.